The van der Waals surface area contributed by atoms with Crippen LogP contribution in [-0.2, 0) is 6.54 Å². The molecule has 15 heavy (non-hydrogen) atoms. The van der Waals surface area contributed by atoms with E-state index in [4.69, 9.17) is 0 Å². The number of hydrogen-bond donors (Lipinski definition) is 1. The summed E-state index contributed by atoms with van der Waals surface area (Å²) in [7, 11) is 2.03. The maximum absolute atomic E-state index is 3.26. The first kappa shape index (κ1) is 10.7. The summed E-state index contributed by atoms with van der Waals surface area (Å²) in [5.41, 5.74) is 3.08. The minimum absolute atomic E-state index is 0.822. The number of nitrogens with one attached hydrogen (secondary N) is 1. The molecule has 1 aliphatic rings. The van der Waals surface area contributed by atoms with Crippen molar-refractivity contribution in [3.05, 3.63) is 35.4 Å². The SMILES string of the molecule is CNCc1ccccc1C1CCCCC1. The van der Waals surface area contributed by atoms with Gasteiger partial charge in [-0.25, -0.2) is 0 Å². The molecule has 0 atom stereocenters. The summed E-state index contributed by atoms with van der Waals surface area (Å²) in [5, 5.41) is 3.26. The Bertz CT molecular complexity index is 300. The van der Waals surface area contributed by atoms with Crippen LogP contribution in [-0.4, -0.2) is 7.05 Å². The molecule has 1 N–H and O–H groups in total. The van der Waals surface area contributed by atoms with Gasteiger partial charge in [0.15, 0.2) is 0 Å². The van der Waals surface area contributed by atoms with E-state index in [1.54, 1.807) is 5.56 Å². The highest BCUT2D eigenvalue weighted by molar-refractivity contribution is 5.30. The van der Waals surface area contributed by atoms with Crippen LogP contribution < -0.4 is 5.32 Å². The molecule has 0 bridgehead atoms. The van der Waals surface area contributed by atoms with E-state index < -0.39 is 0 Å². The number of rotatable bonds is 3. The molecule has 0 spiro atoms. The molecule has 1 heteroatoms. The Kier molecular flexibility index (Phi) is 3.79. The summed E-state index contributed by atoms with van der Waals surface area (Å²) in [6.07, 6.45) is 7.04. The smallest absolute Gasteiger partial charge is 0.0205 e. The Morgan fingerprint density at radius 3 is 2.60 bits per heavy atom. The van der Waals surface area contributed by atoms with Crippen LogP contribution in [0, 0.1) is 0 Å². The molecule has 1 saturated carbocycles. The quantitative estimate of drug-likeness (QED) is 0.793. The van der Waals surface area contributed by atoms with E-state index in [1.807, 2.05) is 7.05 Å². The molecule has 0 radical (unpaired) electrons. The first-order chi connectivity index (χ1) is 7.42. The van der Waals surface area contributed by atoms with E-state index in [2.05, 4.69) is 29.6 Å². The average Bonchev–Trinajstić information content (AvgIpc) is 2.31. The minimum atomic E-state index is 0.822. The zero-order valence-electron chi connectivity index (χ0n) is 9.63. The van der Waals surface area contributed by atoms with Crippen molar-refractivity contribution in [1.29, 1.82) is 0 Å². The third-order valence-electron chi connectivity index (χ3n) is 3.47. The van der Waals surface area contributed by atoms with Crippen molar-refractivity contribution in [2.24, 2.45) is 0 Å². The molecule has 0 aromatic heterocycles. The van der Waals surface area contributed by atoms with Crippen molar-refractivity contribution in [2.45, 2.75) is 44.6 Å². The molecule has 1 aromatic rings. The first-order valence-electron chi connectivity index (χ1n) is 6.14. The van der Waals surface area contributed by atoms with E-state index >= 15 is 0 Å². The highest BCUT2D eigenvalue weighted by Gasteiger charge is 2.17. The van der Waals surface area contributed by atoms with Gasteiger partial charge in [-0.05, 0) is 36.9 Å². The van der Waals surface area contributed by atoms with Crippen LogP contribution >= 0.6 is 0 Å². The number of hydrogen-bond acceptors (Lipinski definition) is 1. The van der Waals surface area contributed by atoms with Gasteiger partial charge in [0.05, 0.1) is 0 Å². The van der Waals surface area contributed by atoms with Crippen LogP contribution in [0.2, 0.25) is 0 Å². The second-order valence-corrected chi connectivity index (χ2v) is 4.56. The predicted molar refractivity (Wildman–Crippen MR) is 65.0 cm³/mol. The Hall–Kier alpha value is -0.820. The van der Waals surface area contributed by atoms with Gasteiger partial charge in [0.25, 0.3) is 0 Å². The molecule has 0 aliphatic heterocycles. The molecule has 0 amide bonds. The Balaban J connectivity index is 2.17. The fourth-order valence-electron chi connectivity index (χ4n) is 2.70. The van der Waals surface area contributed by atoms with Crippen LogP contribution in [0.25, 0.3) is 0 Å². The highest BCUT2D eigenvalue weighted by atomic mass is 14.8. The van der Waals surface area contributed by atoms with E-state index in [0.29, 0.717) is 0 Å². The van der Waals surface area contributed by atoms with Crippen molar-refractivity contribution >= 4 is 0 Å². The second-order valence-electron chi connectivity index (χ2n) is 4.56. The lowest BCUT2D eigenvalue weighted by molar-refractivity contribution is 0.441. The maximum atomic E-state index is 3.26. The maximum Gasteiger partial charge on any atom is 0.0205 e. The fraction of sp³-hybridized carbons (Fsp3) is 0.571. The van der Waals surface area contributed by atoms with Crippen molar-refractivity contribution < 1.29 is 0 Å². The summed E-state index contributed by atoms with van der Waals surface area (Å²) in [6.45, 7) is 1.01. The van der Waals surface area contributed by atoms with Gasteiger partial charge in [-0.1, -0.05) is 43.5 Å². The van der Waals surface area contributed by atoms with Gasteiger partial charge in [-0.2, -0.15) is 0 Å². The van der Waals surface area contributed by atoms with Gasteiger partial charge < -0.3 is 5.32 Å². The van der Waals surface area contributed by atoms with Gasteiger partial charge in [-0.15, -0.1) is 0 Å². The van der Waals surface area contributed by atoms with Crippen molar-refractivity contribution in [3.63, 3.8) is 0 Å². The molecular formula is C14H21N. The van der Waals surface area contributed by atoms with E-state index in [9.17, 15) is 0 Å². The van der Waals surface area contributed by atoms with Crippen LogP contribution in [0.1, 0.15) is 49.1 Å². The predicted octanol–water partition coefficient (Wildman–Crippen LogP) is 3.45. The normalized spacial score (nSPS) is 17.9. The van der Waals surface area contributed by atoms with Crippen LogP contribution in [0.15, 0.2) is 24.3 Å². The Morgan fingerprint density at radius 1 is 1.13 bits per heavy atom. The summed E-state index contributed by atoms with van der Waals surface area (Å²) < 4.78 is 0. The lowest BCUT2D eigenvalue weighted by atomic mass is 9.82. The minimum Gasteiger partial charge on any atom is -0.316 e. The van der Waals surface area contributed by atoms with Crippen LogP contribution in [0.3, 0.4) is 0 Å². The van der Waals surface area contributed by atoms with Gasteiger partial charge >= 0.3 is 0 Å². The largest absolute Gasteiger partial charge is 0.316 e. The van der Waals surface area contributed by atoms with Crippen LogP contribution in [0.5, 0.6) is 0 Å². The standard InChI is InChI=1S/C14H21N/c1-15-11-13-9-5-6-10-14(13)12-7-3-2-4-8-12/h5-6,9-10,12,15H,2-4,7-8,11H2,1H3. The molecule has 1 aliphatic carbocycles. The molecule has 1 nitrogen and oxygen atoms in total. The zero-order chi connectivity index (χ0) is 10.5. The molecule has 0 heterocycles. The van der Waals surface area contributed by atoms with E-state index in [1.165, 1.54) is 37.7 Å². The highest BCUT2D eigenvalue weighted by Crippen LogP contribution is 2.34. The molecule has 1 aromatic carbocycles. The topological polar surface area (TPSA) is 12.0 Å². The third kappa shape index (κ3) is 2.60. The number of benzene rings is 1. The van der Waals surface area contributed by atoms with Gasteiger partial charge in [-0.3, -0.25) is 0 Å². The molecule has 82 valence electrons. The lowest BCUT2D eigenvalue weighted by Crippen LogP contribution is -2.12. The fourth-order valence-corrected chi connectivity index (χ4v) is 2.70. The molecule has 0 unspecified atom stereocenters. The lowest BCUT2D eigenvalue weighted by Gasteiger charge is -2.24. The third-order valence-corrected chi connectivity index (χ3v) is 3.47. The summed E-state index contributed by atoms with van der Waals surface area (Å²) >= 11 is 0. The molecular weight excluding hydrogens is 182 g/mol. The molecule has 0 saturated heterocycles. The summed E-state index contributed by atoms with van der Waals surface area (Å²) in [4.78, 5) is 0. The van der Waals surface area contributed by atoms with Gasteiger partial charge in [0.2, 0.25) is 0 Å². The van der Waals surface area contributed by atoms with E-state index in [0.717, 1.165) is 12.5 Å². The van der Waals surface area contributed by atoms with E-state index in [-0.39, 0.29) is 0 Å². The Morgan fingerprint density at radius 2 is 1.87 bits per heavy atom. The second kappa shape index (κ2) is 5.32. The average molecular weight is 203 g/mol. The van der Waals surface area contributed by atoms with Crippen LogP contribution in [0.4, 0.5) is 0 Å². The molecule has 2 rings (SSSR count). The Labute approximate surface area is 92.9 Å². The van der Waals surface area contributed by atoms with Crippen molar-refractivity contribution in [3.8, 4) is 0 Å². The van der Waals surface area contributed by atoms with Gasteiger partial charge in [0, 0.05) is 6.54 Å². The zero-order valence-corrected chi connectivity index (χ0v) is 9.63. The molecule has 1 fully saturated rings. The van der Waals surface area contributed by atoms with Gasteiger partial charge in [0.1, 0.15) is 0 Å². The summed E-state index contributed by atoms with van der Waals surface area (Å²) in [6, 6.07) is 8.92. The summed E-state index contributed by atoms with van der Waals surface area (Å²) in [5.74, 6) is 0.822. The monoisotopic (exact) mass is 203 g/mol. The van der Waals surface area contributed by atoms with Crippen molar-refractivity contribution in [2.75, 3.05) is 7.05 Å². The van der Waals surface area contributed by atoms with Crippen molar-refractivity contribution in [1.82, 2.24) is 5.32 Å². The first-order valence-corrected chi connectivity index (χ1v) is 6.14.